The number of carbonyl (C=O) groups excluding carboxylic acids is 1. The molecule has 0 N–H and O–H groups in total. The second-order valence-corrected chi connectivity index (χ2v) is 5.92. The molecule has 3 rings (SSSR count). The summed E-state index contributed by atoms with van der Waals surface area (Å²) in [4.78, 5) is 13.3. The fourth-order valence-corrected chi connectivity index (χ4v) is 3.20. The predicted octanol–water partition coefficient (Wildman–Crippen LogP) is 4.74. The van der Waals surface area contributed by atoms with Crippen LogP contribution in [0.5, 0.6) is 0 Å². The Morgan fingerprint density at radius 2 is 1.95 bits per heavy atom. The van der Waals surface area contributed by atoms with E-state index in [9.17, 15) is 4.79 Å². The molecule has 0 atom stereocenters. The number of aryl methyl sites for hydroxylation is 1. The van der Waals surface area contributed by atoms with E-state index in [1.54, 1.807) is 0 Å². The van der Waals surface area contributed by atoms with E-state index >= 15 is 0 Å². The van der Waals surface area contributed by atoms with Crippen LogP contribution in [0.25, 0.3) is 0 Å². The Labute approximate surface area is 127 Å². The fraction of sp³-hybridized carbons (Fsp3) is 0.235. The zero-order valence-electron chi connectivity index (χ0n) is 11.2. The minimum Gasteiger partial charge on any atom is -0.341 e. The third-order valence-corrected chi connectivity index (χ3v) is 4.47. The van der Waals surface area contributed by atoms with Crippen LogP contribution in [0.1, 0.15) is 28.8 Å². The van der Waals surface area contributed by atoms with E-state index in [4.69, 9.17) is 0 Å². The summed E-state index contributed by atoms with van der Waals surface area (Å²) < 4.78 is 0.853. The molecule has 0 aliphatic carbocycles. The molecular weight excluding hydrogens is 314 g/mol. The maximum absolute atomic E-state index is 10.9. The number of halogens is 1. The van der Waals surface area contributed by atoms with Crippen LogP contribution in [-0.2, 0) is 6.42 Å². The molecule has 2 aromatic rings. The van der Waals surface area contributed by atoms with Crippen molar-refractivity contribution < 1.29 is 4.79 Å². The first-order valence-corrected chi connectivity index (χ1v) is 7.69. The van der Waals surface area contributed by atoms with Gasteiger partial charge in [-0.3, -0.25) is 4.79 Å². The van der Waals surface area contributed by atoms with Crippen LogP contribution in [0.2, 0.25) is 0 Å². The third-order valence-electron chi connectivity index (χ3n) is 3.78. The summed E-state index contributed by atoms with van der Waals surface area (Å²) in [7, 11) is 0. The Hall–Kier alpha value is -1.61. The Kier molecular flexibility index (Phi) is 3.88. The molecule has 0 aromatic heterocycles. The number of hydrogen-bond donors (Lipinski definition) is 0. The molecule has 0 unspecified atom stereocenters. The van der Waals surface area contributed by atoms with Gasteiger partial charge in [-0.25, -0.2) is 0 Å². The molecular formula is C17H16BrNO. The standard InChI is InChI=1S/C17H16BrNO/c18-16-11-15(9-8-14(16)12-20)19-10-4-3-6-13-5-1-2-7-17(13)19/h1-2,5,7-9,11-12H,3-4,6,10H2. The molecule has 0 radical (unpaired) electrons. The maximum atomic E-state index is 10.9. The Balaban J connectivity index is 2.05. The third kappa shape index (κ3) is 2.50. The highest BCUT2D eigenvalue weighted by molar-refractivity contribution is 9.10. The van der Waals surface area contributed by atoms with Gasteiger partial charge in [0, 0.05) is 28.0 Å². The molecule has 1 heterocycles. The van der Waals surface area contributed by atoms with Gasteiger partial charge in [0.2, 0.25) is 0 Å². The zero-order chi connectivity index (χ0) is 13.9. The van der Waals surface area contributed by atoms with Crippen LogP contribution in [0.15, 0.2) is 46.9 Å². The lowest BCUT2D eigenvalue weighted by Crippen LogP contribution is -2.17. The monoisotopic (exact) mass is 329 g/mol. The Morgan fingerprint density at radius 1 is 1.10 bits per heavy atom. The maximum Gasteiger partial charge on any atom is 0.151 e. The summed E-state index contributed by atoms with van der Waals surface area (Å²) >= 11 is 3.48. The molecule has 0 spiro atoms. The van der Waals surface area contributed by atoms with Gasteiger partial charge in [-0.1, -0.05) is 18.2 Å². The number of aldehydes is 1. The minimum atomic E-state index is 0.692. The summed E-state index contributed by atoms with van der Waals surface area (Å²) in [5, 5.41) is 0. The number of fused-ring (bicyclic) bond motifs is 1. The van der Waals surface area contributed by atoms with E-state index < -0.39 is 0 Å². The van der Waals surface area contributed by atoms with Crippen molar-refractivity contribution in [1.29, 1.82) is 0 Å². The summed E-state index contributed by atoms with van der Waals surface area (Å²) in [6.45, 7) is 1.02. The smallest absolute Gasteiger partial charge is 0.151 e. The average molecular weight is 330 g/mol. The molecule has 0 fully saturated rings. The van der Waals surface area contributed by atoms with Crippen LogP contribution in [0.3, 0.4) is 0 Å². The molecule has 102 valence electrons. The predicted molar refractivity (Wildman–Crippen MR) is 85.9 cm³/mol. The van der Waals surface area contributed by atoms with Crippen molar-refractivity contribution in [3.05, 3.63) is 58.1 Å². The molecule has 0 saturated carbocycles. The van der Waals surface area contributed by atoms with Gasteiger partial charge < -0.3 is 4.90 Å². The molecule has 0 saturated heterocycles. The van der Waals surface area contributed by atoms with E-state index in [0.717, 1.165) is 29.4 Å². The van der Waals surface area contributed by atoms with Gasteiger partial charge in [0.25, 0.3) is 0 Å². The second-order valence-electron chi connectivity index (χ2n) is 5.06. The van der Waals surface area contributed by atoms with Crippen molar-refractivity contribution in [3.63, 3.8) is 0 Å². The summed E-state index contributed by atoms with van der Waals surface area (Å²) in [6.07, 6.45) is 4.42. The Bertz CT molecular complexity index is 639. The van der Waals surface area contributed by atoms with Crippen molar-refractivity contribution in [2.24, 2.45) is 0 Å². The first kappa shape index (κ1) is 13.4. The van der Waals surface area contributed by atoms with E-state index in [2.05, 4.69) is 45.1 Å². The number of para-hydroxylation sites is 1. The molecule has 2 nitrogen and oxygen atoms in total. The minimum absolute atomic E-state index is 0.692. The lowest BCUT2D eigenvalue weighted by molar-refractivity contribution is 0.112. The largest absolute Gasteiger partial charge is 0.341 e. The quantitative estimate of drug-likeness (QED) is 0.742. The van der Waals surface area contributed by atoms with Crippen LogP contribution < -0.4 is 4.90 Å². The summed E-state index contributed by atoms with van der Waals surface area (Å²) in [5.41, 5.74) is 4.52. The van der Waals surface area contributed by atoms with Gasteiger partial charge >= 0.3 is 0 Å². The zero-order valence-corrected chi connectivity index (χ0v) is 12.8. The SMILES string of the molecule is O=Cc1ccc(N2CCCCc3ccccc32)cc1Br. The lowest BCUT2D eigenvalue weighted by atomic mass is 10.1. The van der Waals surface area contributed by atoms with Crippen molar-refractivity contribution in [3.8, 4) is 0 Å². The number of carbonyl (C=O) groups is 1. The van der Waals surface area contributed by atoms with E-state index in [0.29, 0.717) is 5.56 Å². The number of anilines is 2. The first-order valence-electron chi connectivity index (χ1n) is 6.90. The second kappa shape index (κ2) is 5.80. The Morgan fingerprint density at radius 3 is 2.75 bits per heavy atom. The van der Waals surface area contributed by atoms with Crippen molar-refractivity contribution in [1.82, 2.24) is 0 Å². The van der Waals surface area contributed by atoms with E-state index in [-0.39, 0.29) is 0 Å². The van der Waals surface area contributed by atoms with Crippen LogP contribution in [0, 0.1) is 0 Å². The molecule has 1 aliphatic rings. The highest BCUT2D eigenvalue weighted by Gasteiger charge is 2.16. The summed E-state index contributed by atoms with van der Waals surface area (Å²) in [5.74, 6) is 0. The van der Waals surface area contributed by atoms with E-state index in [1.807, 2.05) is 18.2 Å². The molecule has 3 heteroatoms. The molecule has 0 bridgehead atoms. The number of hydrogen-bond acceptors (Lipinski definition) is 2. The molecule has 20 heavy (non-hydrogen) atoms. The first-order chi connectivity index (χ1) is 9.79. The molecule has 1 aliphatic heterocycles. The van der Waals surface area contributed by atoms with Gasteiger partial charge in [0.05, 0.1) is 0 Å². The summed E-state index contributed by atoms with van der Waals surface area (Å²) in [6, 6.07) is 14.5. The number of rotatable bonds is 2. The van der Waals surface area contributed by atoms with Crippen molar-refractivity contribution in [2.75, 3.05) is 11.4 Å². The van der Waals surface area contributed by atoms with Gasteiger partial charge in [-0.2, -0.15) is 0 Å². The van der Waals surface area contributed by atoms with Gasteiger partial charge in [-0.15, -0.1) is 0 Å². The highest BCUT2D eigenvalue weighted by atomic mass is 79.9. The van der Waals surface area contributed by atoms with Crippen molar-refractivity contribution >= 4 is 33.6 Å². The average Bonchev–Trinajstić information content (AvgIpc) is 2.69. The van der Waals surface area contributed by atoms with Gasteiger partial charge in [-0.05, 0) is 65.0 Å². The van der Waals surface area contributed by atoms with Gasteiger partial charge in [0.1, 0.15) is 0 Å². The van der Waals surface area contributed by atoms with E-state index in [1.165, 1.54) is 24.1 Å². The lowest BCUT2D eigenvalue weighted by Gasteiger charge is -2.25. The number of benzene rings is 2. The highest BCUT2D eigenvalue weighted by Crippen LogP contribution is 2.34. The molecule has 2 aromatic carbocycles. The van der Waals surface area contributed by atoms with Crippen LogP contribution in [-0.4, -0.2) is 12.8 Å². The van der Waals surface area contributed by atoms with Crippen LogP contribution in [0.4, 0.5) is 11.4 Å². The fourth-order valence-electron chi connectivity index (χ4n) is 2.74. The normalized spacial score (nSPS) is 14.6. The van der Waals surface area contributed by atoms with Crippen molar-refractivity contribution in [2.45, 2.75) is 19.3 Å². The number of nitrogens with zero attached hydrogens (tertiary/aromatic N) is 1. The van der Waals surface area contributed by atoms with Crippen LogP contribution >= 0.6 is 15.9 Å². The van der Waals surface area contributed by atoms with Gasteiger partial charge in [0.15, 0.2) is 6.29 Å². The topological polar surface area (TPSA) is 20.3 Å². The molecule has 0 amide bonds.